The molecule has 2 N–H and O–H groups in total. The van der Waals surface area contributed by atoms with Gasteiger partial charge >= 0.3 is 6.03 Å². The molecule has 0 bridgehead atoms. The van der Waals surface area contributed by atoms with Crippen molar-refractivity contribution in [3.05, 3.63) is 66.8 Å². The van der Waals surface area contributed by atoms with E-state index in [0.717, 1.165) is 17.2 Å². The van der Waals surface area contributed by atoms with E-state index in [0.29, 0.717) is 6.54 Å². The van der Waals surface area contributed by atoms with Gasteiger partial charge in [0.1, 0.15) is 5.82 Å². The van der Waals surface area contributed by atoms with Gasteiger partial charge in [-0.25, -0.2) is 14.8 Å². The number of carbonyl (C=O) groups excluding carboxylic acids is 1. The summed E-state index contributed by atoms with van der Waals surface area (Å²) in [4.78, 5) is 20.6. The van der Waals surface area contributed by atoms with Crippen LogP contribution >= 0.6 is 0 Å². The first-order chi connectivity index (χ1) is 11.6. The third-order valence-corrected chi connectivity index (χ3v) is 3.63. The molecule has 3 aromatic rings. The smallest absolute Gasteiger partial charge is 0.315 e. The van der Waals surface area contributed by atoms with Gasteiger partial charge in [0.25, 0.3) is 0 Å². The van der Waals surface area contributed by atoms with E-state index in [4.69, 9.17) is 0 Å². The summed E-state index contributed by atoms with van der Waals surface area (Å²) in [6.45, 7) is 2.29. The molecular formula is C17H20N6O. The van der Waals surface area contributed by atoms with Gasteiger partial charge in [-0.15, -0.1) is 0 Å². The topological polar surface area (TPSA) is 76.8 Å². The molecule has 0 saturated heterocycles. The molecule has 0 spiro atoms. The number of rotatable bonds is 5. The standard InChI is InChI=1S/C17H20N6O/c1-13(21-17(24)19-10-14-11-22(2)12-20-14)16-18-8-9-23(16)15-6-4-3-5-7-15/h3-9,11-13H,10H2,1-2H3,(H2,19,21,24). The molecule has 7 heteroatoms. The quantitative estimate of drug-likeness (QED) is 0.755. The van der Waals surface area contributed by atoms with Gasteiger partial charge in [-0.2, -0.15) is 0 Å². The molecule has 2 aromatic heterocycles. The van der Waals surface area contributed by atoms with E-state index in [1.54, 1.807) is 12.5 Å². The van der Waals surface area contributed by atoms with Crippen LogP contribution < -0.4 is 10.6 Å². The molecule has 0 radical (unpaired) electrons. The van der Waals surface area contributed by atoms with Crippen LogP contribution in [-0.4, -0.2) is 25.1 Å². The van der Waals surface area contributed by atoms with Gasteiger partial charge in [0, 0.05) is 31.3 Å². The number of nitrogens with one attached hydrogen (secondary N) is 2. The maximum Gasteiger partial charge on any atom is 0.315 e. The normalized spacial score (nSPS) is 11.9. The Labute approximate surface area is 140 Å². The second kappa shape index (κ2) is 6.99. The number of amides is 2. The number of benzene rings is 1. The van der Waals surface area contributed by atoms with Gasteiger partial charge in [-0.1, -0.05) is 18.2 Å². The maximum absolute atomic E-state index is 12.1. The Kier molecular flexibility index (Phi) is 4.60. The van der Waals surface area contributed by atoms with Crippen LogP contribution in [0, 0.1) is 0 Å². The summed E-state index contributed by atoms with van der Waals surface area (Å²) in [6.07, 6.45) is 7.18. The van der Waals surface area contributed by atoms with Crippen molar-refractivity contribution in [3.63, 3.8) is 0 Å². The highest BCUT2D eigenvalue weighted by atomic mass is 16.2. The third-order valence-electron chi connectivity index (χ3n) is 3.63. The SMILES string of the molecule is CC(NC(=O)NCc1cn(C)cn1)c1nccn1-c1ccccc1. The number of para-hydroxylation sites is 1. The van der Waals surface area contributed by atoms with Crippen molar-refractivity contribution >= 4 is 6.03 Å². The number of hydrogen-bond donors (Lipinski definition) is 2. The summed E-state index contributed by atoms with van der Waals surface area (Å²) >= 11 is 0. The fourth-order valence-electron chi connectivity index (χ4n) is 2.48. The molecule has 3 rings (SSSR count). The molecular weight excluding hydrogens is 304 g/mol. The molecule has 124 valence electrons. The lowest BCUT2D eigenvalue weighted by atomic mass is 10.2. The average Bonchev–Trinajstić information content (AvgIpc) is 3.22. The minimum Gasteiger partial charge on any atom is -0.340 e. The minimum absolute atomic E-state index is 0.232. The number of hydrogen-bond acceptors (Lipinski definition) is 3. The number of urea groups is 1. The summed E-state index contributed by atoms with van der Waals surface area (Å²) in [5.41, 5.74) is 1.82. The Balaban J connectivity index is 1.62. The summed E-state index contributed by atoms with van der Waals surface area (Å²) in [5, 5.41) is 5.70. The van der Waals surface area contributed by atoms with E-state index < -0.39 is 0 Å². The molecule has 0 aliphatic heterocycles. The zero-order chi connectivity index (χ0) is 16.9. The zero-order valence-corrected chi connectivity index (χ0v) is 13.7. The molecule has 0 fully saturated rings. The number of imidazole rings is 2. The van der Waals surface area contributed by atoms with Crippen molar-refractivity contribution in [2.45, 2.75) is 19.5 Å². The number of aromatic nitrogens is 4. The molecule has 7 nitrogen and oxygen atoms in total. The van der Waals surface area contributed by atoms with E-state index in [9.17, 15) is 4.79 Å². The summed E-state index contributed by atoms with van der Waals surface area (Å²) in [5.74, 6) is 0.772. The van der Waals surface area contributed by atoms with Crippen molar-refractivity contribution in [1.29, 1.82) is 0 Å². The molecule has 1 aromatic carbocycles. The van der Waals surface area contributed by atoms with E-state index in [-0.39, 0.29) is 12.1 Å². The van der Waals surface area contributed by atoms with Crippen LogP contribution in [0.1, 0.15) is 24.5 Å². The Morgan fingerprint density at radius 2 is 2.04 bits per heavy atom. The van der Waals surface area contributed by atoms with E-state index in [2.05, 4.69) is 20.6 Å². The first-order valence-corrected chi connectivity index (χ1v) is 7.73. The highest BCUT2D eigenvalue weighted by Gasteiger charge is 2.15. The summed E-state index contributed by atoms with van der Waals surface area (Å²) in [7, 11) is 1.89. The van der Waals surface area contributed by atoms with Crippen molar-refractivity contribution in [2.75, 3.05) is 0 Å². The van der Waals surface area contributed by atoms with Gasteiger partial charge < -0.3 is 19.8 Å². The molecule has 1 atom stereocenters. The van der Waals surface area contributed by atoms with Crippen LogP contribution in [0.25, 0.3) is 5.69 Å². The van der Waals surface area contributed by atoms with Crippen molar-refractivity contribution < 1.29 is 4.79 Å². The van der Waals surface area contributed by atoms with E-state index in [1.807, 2.05) is 65.8 Å². The molecule has 0 saturated carbocycles. The fraction of sp³-hybridized carbons (Fsp3) is 0.235. The summed E-state index contributed by atoms with van der Waals surface area (Å²) in [6, 6.07) is 9.41. The van der Waals surface area contributed by atoms with Crippen LogP contribution in [0.5, 0.6) is 0 Å². The van der Waals surface area contributed by atoms with Crippen LogP contribution in [0.4, 0.5) is 4.79 Å². The molecule has 2 heterocycles. The van der Waals surface area contributed by atoms with E-state index in [1.165, 1.54) is 0 Å². The van der Waals surface area contributed by atoms with E-state index >= 15 is 0 Å². The van der Waals surface area contributed by atoms with Gasteiger partial charge in [-0.05, 0) is 19.1 Å². The number of aryl methyl sites for hydroxylation is 1. The fourth-order valence-corrected chi connectivity index (χ4v) is 2.48. The molecule has 2 amide bonds. The Hall–Kier alpha value is -3.09. The van der Waals surface area contributed by atoms with Gasteiger partial charge in [0.2, 0.25) is 0 Å². The highest BCUT2D eigenvalue weighted by molar-refractivity contribution is 5.74. The first-order valence-electron chi connectivity index (χ1n) is 7.73. The van der Waals surface area contributed by atoms with Crippen molar-refractivity contribution in [2.24, 2.45) is 7.05 Å². The van der Waals surface area contributed by atoms with Crippen molar-refractivity contribution in [3.8, 4) is 5.69 Å². The lowest BCUT2D eigenvalue weighted by Crippen LogP contribution is -2.37. The second-order valence-electron chi connectivity index (χ2n) is 5.57. The van der Waals surface area contributed by atoms with Crippen LogP contribution in [-0.2, 0) is 13.6 Å². The average molecular weight is 324 g/mol. The summed E-state index contributed by atoms with van der Waals surface area (Å²) < 4.78 is 3.80. The molecule has 0 aliphatic rings. The number of carbonyl (C=O) groups is 1. The number of nitrogens with zero attached hydrogens (tertiary/aromatic N) is 4. The monoisotopic (exact) mass is 324 g/mol. The van der Waals surface area contributed by atoms with Crippen LogP contribution in [0.15, 0.2) is 55.2 Å². The lowest BCUT2D eigenvalue weighted by molar-refractivity contribution is 0.237. The first kappa shape index (κ1) is 15.8. The largest absolute Gasteiger partial charge is 0.340 e. The molecule has 24 heavy (non-hydrogen) atoms. The van der Waals surface area contributed by atoms with Gasteiger partial charge in [0.15, 0.2) is 0 Å². The molecule has 1 unspecified atom stereocenters. The highest BCUT2D eigenvalue weighted by Crippen LogP contribution is 2.16. The van der Waals surface area contributed by atoms with Gasteiger partial charge in [0.05, 0.1) is 24.6 Å². The maximum atomic E-state index is 12.1. The third kappa shape index (κ3) is 3.62. The van der Waals surface area contributed by atoms with Crippen LogP contribution in [0.2, 0.25) is 0 Å². The molecule has 0 aliphatic carbocycles. The minimum atomic E-state index is -0.254. The van der Waals surface area contributed by atoms with Crippen molar-refractivity contribution in [1.82, 2.24) is 29.7 Å². The Morgan fingerprint density at radius 3 is 2.75 bits per heavy atom. The zero-order valence-electron chi connectivity index (χ0n) is 13.7. The van der Waals surface area contributed by atoms with Crippen LogP contribution in [0.3, 0.4) is 0 Å². The predicted molar refractivity (Wildman–Crippen MR) is 90.6 cm³/mol. The predicted octanol–water partition coefficient (Wildman–Crippen LogP) is 2.17. The Morgan fingerprint density at radius 1 is 1.25 bits per heavy atom. The Bertz CT molecular complexity index is 807. The van der Waals surface area contributed by atoms with Gasteiger partial charge in [-0.3, -0.25) is 0 Å². The second-order valence-corrected chi connectivity index (χ2v) is 5.57. The lowest BCUT2D eigenvalue weighted by Gasteiger charge is -2.16.